The molecule has 0 saturated carbocycles. The van der Waals surface area contributed by atoms with Crippen LogP contribution >= 0.6 is 0 Å². The summed E-state index contributed by atoms with van der Waals surface area (Å²) in [5, 5.41) is 8.85. The number of carboxylic acids is 1. The third-order valence-electron chi connectivity index (χ3n) is 3.43. The summed E-state index contributed by atoms with van der Waals surface area (Å²) in [4.78, 5) is 24.7. The zero-order valence-electron chi connectivity index (χ0n) is 10.5. The molecule has 0 aromatic rings. The van der Waals surface area contributed by atoms with E-state index in [0.29, 0.717) is 19.8 Å². The molecule has 3 unspecified atom stereocenters. The summed E-state index contributed by atoms with van der Waals surface area (Å²) in [5.41, 5.74) is 0. The van der Waals surface area contributed by atoms with Gasteiger partial charge < -0.3 is 19.5 Å². The number of rotatable bonds is 3. The van der Waals surface area contributed by atoms with Crippen molar-refractivity contribution in [1.29, 1.82) is 0 Å². The fourth-order valence-electron chi connectivity index (χ4n) is 2.48. The van der Waals surface area contributed by atoms with Crippen molar-refractivity contribution in [2.75, 3.05) is 19.8 Å². The number of aliphatic carboxylic acids is 1. The Hall–Kier alpha value is -1.14. The Kier molecular flexibility index (Phi) is 4.19. The molecule has 2 fully saturated rings. The van der Waals surface area contributed by atoms with Gasteiger partial charge >= 0.3 is 5.97 Å². The van der Waals surface area contributed by atoms with Crippen molar-refractivity contribution in [3.63, 3.8) is 0 Å². The maximum absolute atomic E-state index is 12.3. The van der Waals surface area contributed by atoms with E-state index in [2.05, 4.69) is 0 Å². The van der Waals surface area contributed by atoms with Crippen molar-refractivity contribution < 1.29 is 24.2 Å². The average Bonchev–Trinajstić information content (AvgIpc) is 2.75. The molecular weight excluding hydrogens is 238 g/mol. The number of hydrogen-bond donors (Lipinski definition) is 1. The normalized spacial score (nSPS) is 32.5. The van der Waals surface area contributed by atoms with Gasteiger partial charge in [0.05, 0.1) is 31.8 Å². The van der Waals surface area contributed by atoms with Gasteiger partial charge in [-0.2, -0.15) is 0 Å². The van der Waals surface area contributed by atoms with Crippen LogP contribution in [0.3, 0.4) is 0 Å². The predicted molar refractivity (Wildman–Crippen MR) is 62.1 cm³/mol. The van der Waals surface area contributed by atoms with Gasteiger partial charge in [-0.3, -0.25) is 9.59 Å². The van der Waals surface area contributed by atoms with Gasteiger partial charge in [0, 0.05) is 6.54 Å². The third-order valence-corrected chi connectivity index (χ3v) is 3.43. The molecule has 2 saturated heterocycles. The first-order chi connectivity index (χ1) is 8.58. The Morgan fingerprint density at radius 3 is 2.78 bits per heavy atom. The highest BCUT2D eigenvalue weighted by atomic mass is 16.5. The second-order valence-electron chi connectivity index (χ2n) is 4.87. The number of carboxylic acid groups (broad SMARTS) is 1. The first kappa shape index (κ1) is 13.3. The van der Waals surface area contributed by atoms with Crippen molar-refractivity contribution in [3.8, 4) is 0 Å². The van der Waals surface area contributed by atoms with E-state index in [1.807, 2.05) is 6.92 Å². The first-order valence-corrected chi connectivity index (χ1v) is 6.33. The lowest BCUT2D eigenvalue weighted by molar-refractivity contribution is -0.154. The standard InChI is InChI=1S/C12H19NO5/c1-8-2-3-10(18-8)12(16)13-4-5-17-7-9(13)6-11(14)15/h8-10H,2-7H2,1H3,(H,14,15). The molecule has 2 aliphatic heterocycles. The molecule has 1 N–H and O–H groups in total. The van der Waals surface area contributed by atoms with Gasteiger partial charge in [-0.25, -0.2) is 0 Å². The molecule has 102 valence electrons. The number of morpholine rings is 1. The van der Waals surface area contributed by atoms with Crippen LogP contribution < -0.4 is 0 Å². The smallest absolute Gasteiger partial charge is 0.305 e. The van der Waals surface area contributed by atoms with Crippen molar-refractivity contribution >= 4 is 11.9 Å². The van der Waals surface area contributed by atoms with Crippen LogP contribution in [0.4, 0.5) is 0 Å². The van der Waals surface area contributed by atoms with Gasteiger partial charge in [-0.05, 0) is 19.8 Å². The maximum Gasteiger partial charge on any atom is 0.305 e. The van der Waals surface area contributed by atoms with Gasteiger partial charge in [0.2, 0.25) is 0 Å². The highest BCUT2D eigenvalue weighted by Crippen LogP contribution is 2.23. The molecule has 0 aromatic heterocycles. The minimum absolute atomic E-state index is 0.0754. The predicted octanol–water partition coefficient (Wildman–Crippen LogP) is 0.256. The zero-order valence-corrected chi connectivity index (χ0v) is 10.5. The van der Waals surface area contributed by atoms with Crippen molar-refractivity contribution in [2.45, 2.75) is 44.4 Å². The zero-order chi connectivity index (χ0) is 13.1. The molecule has 2 aliphatic rings. The van der Waals surface area contributed by atoms with Crippen LogP contribution in [-0.2, 0) is 19.1 Å². The number of nitrogens with zero attached hydrogens (tertiary/aromatic N) is 1. The monoisotopic (exact) mass is 257 g/mol. The summed E-state index contributed by atoms with van der Waals surface area (Å²) in [6.45, 7) is 3.15. The molecule has 2 heterocycles. The molecule has 2 rings (SSSR count). The summed E-state index contributed by atoms with van der Waals surface area (Å²) in [6, 6.07) is -0.372. The van der Waals surface area contributed by atoms with Crippen LogP contribution in [0.1, 0.15) is 26.2 Å². The largest absolute Gasteiger partial charge is 0.481 e. The first-order valence-electron chi connectivity index (χ1n) is 6.33. The van der Waals surface area contributed by atoms with Crippen molar-refractivity contribution in [1.82, 2.24) is 4.90 Å². The molecular formula is C12H19NO5. The maximum atomic E-state index is 12.3. The van der Waals surface area contributed by atoms with E-state index >= 15 is 0 Å². The summed E-state index contributed by atoms with van der Waals surface area (Å²) in [6.07, 6.45) is 1.22. The highest BCUT2D eigenvalue weighted by Gasteiger charge is 2.36. The third kappa shape index (κ3) is 3.00. The topological polar surface area (TPSA) is 76.1 Å². The molecule has 1 amide bonds. The van der Waals surface area contributed by atoms with Crippen LogP contribution in [0, 0.1) is 0 Å². The van der Waals surface area contributed by atoms with Gasteiger partial charge in [0.15, 0.2) is 0 Å². The van der Waals surface area contributed by atoms with Crippen molar-refractivity contribution in [3.05, 3.63) is 0 Å². The Morgan fingerprint density at radius 2 is 2.17 bits per heavy atom. The second kappa shape index (κ2) is 5.67. The summed E-state index contributed by atoms with van der Waals surface area (Å²) < 4.78 is 10.8. The summed E-state index contributed by atoms with van der Waals surface area (Å²) >= 11 is 0. The van der Waals surface area contributed by atoms with E-state index in [4.69, 9.17) is 14.6 Å². The SMILES string of the molecule is CC1CCC(C(=O)N2CCOCC2CC(=O)O)O1. The lowest BCUT2D eigenvalue weighted by Gasteiger charge is -2.36. The quantitative estimate of drug-likeness (QED) is 0.784. The molecule has 0 aromatic carbocycles. The molecule has 6 heteroatoms. The van der Waals surface area contributed by atoms with E-state index in [1.165, 1.54) is 0 Å². The van der Waals surface area contributed by atoms with Gasteiger partial charge in [0.25, 0.3) is 5.91 Å². The molecule has 3 atom stereocenters. The van der Waals surface area contributed by atoms with Gasteiger partial charge in [-0.1, -0.05) is 0 Å². The van der Waals surface area contributed by atoms with Gasteiger partial charge in [-0.15, -0.1) is 0 Å². The lowest BCUT2D eigenvalue weighted by Crippen LogP contribution is -2.52. The van der Waals surface area contributed by atoms with Crippen LogP contribution in [0.25, 0.3) is 0 Å². The Labute approximate surface area is 106 Å². The molecule has 0 aliphatic carbocycles. The molecule has 0 radical (unpaired) electrons. The van der Waals surface area contributed by atoms with E-state index < -0.39 is 12.1 Å². The summed E-state index contributed by atoms with van der Waals surface area (Å²) in [7, 11) is 0. The lowest BCUT2D eigenvalue weighted by atomic mass is 10.1. The van der Waals surface area contributed by atoms with Gasteiger partial charge in [0.1, 0.15) is 6.10 Å². The Balaban J connectivity index is 1.99. The molecule has 6 nitrogen and oxygen atoms in total. The average molecular weight is 257 g/mol. The number of ether oxygens (including phenoxy) is 2. The molecule has 0 spiro atoms. The van der Waals surface area contributed by atoms with Crippen LogP contribution in [0.5, 0.6) is 0 Å². The Morgan fingerprint density at radius 1 is 1.39 bits per heavy atom. The minimum Gasteiger partial charge on any atom is -0.481 e. The highest BCUT2D eigenvalue weighted by molar-refractivity contribution is 5.82. The van der Waals surface area contributed by atoms with Crippen LogP contribution in [0.15, 0.2) is 0 Å². The van der Waals surface area contributed by atoms with Crippen molar-refractivity contribution in [2.24, 2.45) is 0 Å². The molecule has 0 bridgehead atoms. The van der Waals surface area contributed by atoms with Crippen LogP contribution in [-0.4, -0.2) is 59.9 Å². The molecule has 18 heavy (non-hydrogen) atoms. The van der Waals surface area contributed by atoms with E-state index in [9.17, 15) is 9.59 Å². The fraction of sp³-hybridized carbons (Fsp3) is 0.833. The number of hydrogen-bond acceptors (Lipinski definition) is 4. The Bertz CT molecular complexity index is 332. The van der Waals surface area contributed by atoms with Crippen LogP contribution in [0.2, 0.25) is 0 Å². The van der Waals surface area contributed by atoms with E-state index in [-0.39, 0.29) is 24.5 Å². The fourth-order valence-corrected chi connectivity index (χ4v) is 2.48. The summed E-state index contributed by atoms with van der Waals surface area (Å²) in [5.74, 6) is -1.00. The van der Waals surface area contributed by atoms with E-state index in [1.54, 1.807) is 4.90 Å². The number of carbonyl (C=O) groups is 2. The minimum atomic E-state index is -0.913. The number of amides is 1. The number of carbonyl (C=O) groups excluding carboxylic acids is 1. The van der Waals surface area contributed by atoms with E-state index in [0.717, 1.165) is 12.8 Å². The second-order valence-corrected chi connectivity index (χ2v) is 4.87.